The quantitative estimate of drug-likeness (QED) is 0.636. The minimum atomic E-state index is -3.73. The highest BCUT2D eigenvalue weighted by atomic mass is 32.2. The molecule has 2 aromatic carbocycles. The van der Waals surface area contributed by atoms with Crippen molar-refractivity contribution in [2.45, 2.75) is 54.7 Å². The average molecular weight is 417 g/mol. The molecule has 154 valence electrons. The number of aliphatic hydroxyl groups is 1. The van der Waals surface area contributed by atoms with Gasteiger partial charge in [0, 0.05) is 18.4 Å². The molecule has 1 heterocycles. The number of aryl methyl sites for hydroxylation is 1. The first kappa shape index (κ1) is 19.9. The first-order valence-corrected chi connectivity index (χ1v) is 11.1. The Kier molecular flexibility index (Phi) is 5.33. The van der Waals surface area contributed by atoms with E-state index in [1.807, 2.05) is 18.2 Å². The molecule has 0 saturated heterocycles. The Morgan fingerprint density at radius 2 is 1.90 bits per heavy atom. The highest BCUT2D eigenvalue weighted by Gasteiger charge is 2.50. The number of sulfonamides is 1. The van der Waals surface area contributed by atoms with E-state index in [0.717, 1.165) is 11.1 Å². The molecule has 4 rings (SSSR count). The molecule has 29 heavy (non-hydrogen) atoms. The van der Waals surface area contributed by atoms with Crippen LogP contribution in [0, 0.1) is 0 Å². The van der Waals surface area contributed by atoms with Crippen molar-refractivity contribution >= 4 is 16.0 Å². The van der Waals surface area contributed by atoms with Gasteiger partial charge in [-0.15, -0.1) is 0 Å². The van der Waals surface area contributed by atoms with Crippen LogP contribution in [0.25, 0.3) is 0 Å². The molecule has 2 aromatic rings. The average Bonchev–Trinajstić information content (AvgIpc) is 3.19. The first-order chi connectivity index (χ1) is 13.9. The number of nitrogens with one attached hydrogen (secondary N) is 1. The van der Waals surface area contributed by atoms with Gasteiger partial charge in [-0.1, -0.05) is 36.4 Å². The van der Waals surface area contributed by atoms with Crippen LogP contribution in [0.2, 0.25) is 0 Å². The van der Waals surface area contributed by atoms with Gasteiger partial charge in [0.2, 0.25) is 10.0 Å². The van der Waals surface area contributed by atoms with Crippen molar-refractivity contribution in [3.05, 3.63) is 59.7 Å². The van der Waals surface area contributed by atoms with E-state index >= 15 is 0 Å². The second-order valence-electron chi connectivity index (χ2n) is 7.53. The van der Waals surface area contributed by atoms with Crippen molar-refractivity contribution in [3.8, 4) is 5.75 Å². The fourth-order valence-corrected chi connectivity index (χ4v) is 5.57. The van der Waals surface area contributed by atoms with E-state index in [2.05, 4.69) is 4.72 Å². The zero-order valence-electron chi connectivity index (χ0n) is 15.7. The molecule has 3 N–H and O–H groups in total. The highest BCUT2D eigenvalue weighted by molar-refractivity contribution is 7.89. The zero-order valence-corrected chi connectivity index (χ0v) is 16.5. The number of ether oxygens (including phenoxy) is 1. The number of fused-ring (bicyclic) bond motifs is 3. The maximum Gasteiger partial charge on any atom is 0.303 e. The molecule has 1 aliphatic heterocycles. The minimum Gasteiger partial charge on any atom is -0.489 e. The lowest BCUT2D eigenvalue weighted by Crippen LogP contribution is -2.41. The predicted molar refractivity (Wildman–Crippen MR) is 105 cm³/mol. The molecule has 1 fully saturated rings. The van der Waals surface area contributed by atoms with Crippen LogP contribution in [0.3, 0.4) is 0 Å². The monoisotopic (exact) mass is 417 g/mol. The lowest BCUT2D eigenvalue weighted by atomic mass is 9.93. The number of carboxylic acids is 1. The van der Waals surface area contributed by atoms with E-state index in [-0.39, 0.29) is 23.3 Å². The minimum absolute atomic E-state index is 0.0858. The van der Waals surface area contributed by atoms with E-state index in [4.69, 9.17) is 9.84 Å². The molecule has 0 radical (unpaired) electrons. The zero-order chi connectivity index (χ0) is 20.6. The Morgan fingerprint density at radius 1 is 1.14 bits per heavy atom. The van der Waals surface area contributed by atoms with Gasteiger partial charge < -0.3 is 14.9 Å². The van der Waals surface area contributed by atoms with Gasteiger partial charge in [-0.25, -0.2) is 13.1 Å². The molecule has 0 bridgehead atoms. The summed E-state index contributed by atoms with van der Waals surface area (Å²) in [6.07, 6.45) is 0.309. The van der Waals surface area contributed by atoms with Crippen LogP contribution in [0.5, 0.6) is 5.75 Å². The number of carboxylic acid groups (broad SMARTS) is 1. The molecule has 7 nitrogen and oxygen atoms in total. The summed E-state index contributed by atoms with van der Waals surface area (Å²) in [5.41, 5.74) is 1.78. The Balaban J connectivity index is 1.51. The summed E-state index contributed by atoms with van der Waals surface area (Å²) in [5.74, 6) is -0.441. The molecule has 8 heteroatoms. The summed E-state index contributed by atoms with van der Waals surface area (Å²) in [6, 6.07) is 13.1. The number of hydrogen-bond donors (Lipinski definition) is 3. The third-order valence-corrected chi connectivity index (χ3v) is 7.12. The third kappa shape index (κ3) is 3.88. The summed E-state index contributed by atoms with van der Waals surface area (Å²) < 4.78 is 33.9. The third-order valence-electron chi connectivity index (χ3n) is 5.62. The van der Waals surface area contributed by atoms with E-state index in [1.165, 1.54) is 12.1 Å². The van der Waals surface area contributed by atoms with Crippen molar-refractivity contribution in [2.24, 2.45) is 0 Å². The molecule has 1 saturated carbocycles. The van der Waals surface area contributed by atoms with Crippen LogP contribution in [-0.4, -0.2) is 42.8 Å². The van der Waals surface area contributed by atoms with Gasteiger partial charge in [0.1, 0.15) is 11.9 Å². The topological polar surface area (TPSA) is 113 Å². The molecule has 2 aliphatic rings. The number of benzene rings is 2. The van der Waals surface area contributed by atoms with Gasteiger partial charge >= 0.3 is 5.97 Å². The summed E-state index contributed by atoms with van der Waals surface area (Å²) >= 11 is 0. The van der Waals surface area contributed by atoms with Crippen LogP contribution in [0.15, 0.2) is 53.4 Å². The summed E-state index contributed by atoms with van der Waals surface area (Å²) in [7, 11) is -3.73. The predicted octanol–water partition coefficient (Wildman–Crippen LogP) is 2.05. The maximum absolute atomic E-state index is 12.6. The van der Waals surface area contributed by atoms with Gasteiger partial charge in [-0.2, -0.15) is 0 Å². The van der Waals surface area contributed by atoms with Crippen molar-refractivity contribution in [1.82, 2.24) is 4.72 Å². The van der Waals surface area contributed by atoms with E-state index < -0.39 is 28.1 Å². The molecular weight excluding hydrogens is 394 g/mol. The van der Waals surface area contributed by atoms with Crippen molar-refractivity contribution in [2.75, 3.05) is 0 Å². The molecule has 4 atom stereocenters. The SMILES string of the molecule is O=C(O)CCCc1cccc2c1OC1CC(NS(=O)(=O)c3ccccc3)C(O)C21. The van der Waals surface area contributed by atoms with Crippen LogP contribution < -0.4 is 9.46 Å². The molecule has 0 aromatic heterocycles. The molecule has 0 amide bonds. The Hall–Kier alpha value is -2.42. The van der Waals surface area contributed by atoms with Crippen molar-refractivity contribution < 1.29 is 28.2 Å². The molecule has 4 unspecified atom stereocenters. The fraction of sp³-hybridized carbons (Fsp3) is 0.381. The summed E-state index contributed by atoms with van der Waals surface area (Å²) in [5, 5.41) is 19.7. The number of aliphatic carboxylic acids is 1. The number of para-hydroxylation sites is 1. The largest absolute Gasteiger partial charge is 0.489 e. The second kappa shape index (κ2) is 7.78. The van der Waals surface area contributed by atoms with Gasteiger partial charge in [0.05, 0.1) is 23.0 Å². The highest BCUT2D eigenvalue weighted by Crippen LogP contribution is 2.49. The molecular formula is C21H23NO6S. The van der Waals surface area contributed by atoms with Crippen molar-refractivity contribution in [3.63, 3.8) is 0 Å². The van der Waals surface area contributed by atoms with Crippen LogP contribution in [-0.2, 0) is 21.2 Å². The molecule has 0 spiro atoms. The number of aliphatic hydroxyl groups excluding tert-OH is 1. The summed E-state index contributed by atoms with van der Waals surface area (Å²) in [4.78, 5) is 10.9. The lowest BCUT2D eigenvalue weighted by Gasteiger charge is -2.20. The Morgan fingerprint density at radius 3 is 2.62 bits per heavy atom. The second-order valence-corrected chi connectivity index (χ2v) is 9.25. The Labute approximate surface area is 169 Å². The van der Waals surface area contributed by atoms with Gasteiger partial charge in [-0.05, 0) is 30.5 Å². The van der Waals surface area contributed by atoms with Gasteiger partial charge in [0.25, 0.3) is 0 Å². The smallest absolute Gasteiger partial charge is 0.303 e. The normalized spacial score (nSPS) is 25.3. The standard InChI is InChI=1S/C21H23NO6S/c23-18(24)11-5-7-13-6-4-10-15-19-17(28-21(13)15)12-16(20(19)25)22-29(26,27)14-8-2-1-3-9-14/h1-4,6,8-10,16-17,19-20,22,25H,5,7,11-12H2,(H,23,24). The van der Waals surface area contributed by atoms with Crippen LogP contribution >= 0.6 is 0 Å². The van der Waals surface area contributed by atoms with E-state index in [0.29, 0.717) is 25.0 Å². The van der Waals surface area contributed by atoms with Gasteiger partial charge in [0.15, 0.2) is 0 Å². The van der Waals surface area contributed by atoms with E-state index in [9.17, 15) is 18.3 Å². The van der Waals surface area contributed by atoms with Crippen LogP contribution in [0.4, 0.5) is 0 Å². The lowest BCUT2D eigenvalue weighted by molar-refractivity contribution is -0.137. The number of hydrogen-bond acceptors (Lipinski definition) is 5. The van der Waals surface area contributed by atoms with Crippen LogP contribution in [0.1, 0.15) is 36.3 Å². The summed E-state index contributed by atoms with van der Waals surface area (Å²) in [6.45, 7) is 0. The van der Waals surface area contributed by atoms with Crippen molar-refractivity contribution in [1.29, 1.82) is 0 Å². The first-order valence-electron chi connectivity index (χ1n) is 9.62. The molecule has 1 aliphatic carbocycles. The van der Waals surface area contributed by atoms with Gasteiger partial charge in [-0.3, -0.25) is 4.79 Å². The van der Waals surface area contributed by atoms with E-state index in [1.54, 1.807) is 18.2 Å². The number of carbonyl (C=O) groups is 1. The number of rotatable bonds is 7. The Bertz CT molecular complexity index is 1010. The fourth-order valence-electron chi connectivity index (χ4n) is 4.29. The maximum atomic E-state index is 12.6.